The number of phenolic OH excluding ortho intramolecular Hbond substituents is 1. The number of aromatic carboxylic acids is 1. The fraction of sp³-hybridized carbons (Fsp3) is 0.444. The molecule has 4 atom stereocenters. The van der Waals surface area contributed by atoms with Crippen LogP contribution in [0.4, 0.5) is 0 Å². The Labute approximate surface area is 273 Å². The predicted octanol–water partition coefficient (Wildman–Crippen LogP) is 4.06. The molecular weight excluding hydrogens is 604 g/mol. The Kier molecular flexibility index (Phi) is 7.97. The standard InChI is InChI=1S/C36H42N2O9/c1-34(2,3)22-15-19(16-10-9-11-17(12-16)33(45)46)20-13-18-14-21-26(38(7)8)29(41)25(32(44)37-35(4,5)6)31(43)36(21,47)30(42)23(18)28(40)24(20)27(22)39/h9-12,15,18,21,26,39-40,43,47H,13-14H2,1-8H3,(H,37,44)(H,45,46)/t18-,21-,26-,36-/m1/s1. The van der Waals surface area contributed by atoms with Crippen molar-refractivity contribution in [2.75, 3.05) is 14.1 Å². The number of benzene rings is 2. The molecule has 3 aliphatic rings. The van der Waals surface area contributed by atoms with Crippen molar-refractivity contribution in [2.24, 2.45) is 11.8 Å². The Morgan fingerprint density at radius 1 is 1.00 bits per heavy atom. The van der Waals surface area contributed by atoms with E-state index in [1.54, 1.807) is 53.1 Å². The number of Topliss-reactive ketones (excluding diaryl/α,β-unsaturated/α-hetero) is 2. The number of aliphatic hydroxyl groups excluding tert-OH is 2. The highest BCUT2D eigenvalue weighted by atomic mass is 16.4. The van der Waals surface area contributed by atoms with Gasteiger partial charge in [0, 0.05) is 22.6 Å². The van der Waals surface area contributed by atoms with Crippen LogP contribution in [0, 0.1) is 11.8 Å². The Balaban J connectivity index is 1.79. The number of rotatable bonds is 4. The van der Waals surface area contributed by atoms with Gasteiger partial charge in [-0.25, -0.2) is 4.79 Å². The van der Waals surface area contributed by atoms with E-state index in [0.717, 1.165) is 0 Å². The molecule has 11 heteroatoms. The monoisotopic (exact) mass is 646 g/mol. The van der Waals surface area contributed by atoms with Crippen LogP contribution >= 0.6 is 0 Å². The summed E-state index contributed by atoms with van der Waals surface area (Å²) in [6.07, 6.45) is 0.0537. The van der Waals surface area contributed by atoms with Crippen LogP contribution in [0.2, 0.25) is 0 Å². The summed E-state index contributed by atoms with van der Waals surface area (Å²) in [4.78, 5) is 55.0. The SMILES string of the molecule is CN(C)[C@H]1C(=O)C(C(=O)NC(C)(C)C)=C(O)[C@]2(O)C(=O)C3=C(O)c4c(O)c(C(C)(C)C)cc(-c5cccc(C(=O)O)c5)c4C[C@@H]3C[C@H]12. The van der Waals surface area contributed by atoms with Gasteiger partial charge in [-0.2, -0.15) is 0 Å². The van der Waals surface area contributed by atoms with Gasteiger partial charge in [0.05, 0.1) is 17.2 Å². The minimum atomic E-state index is -2.72. The molecule has 6 N–H and O–H groups in total. The van der Waals surface area contributed by atoms with Crippen molar-refractivity contribution in [2.45, 2.75) is 77.0 Å². The zero-order valence-electron chi connectivity index (χ0n) is 27.8. The molecule has 0 saturated heterocycles. The third-order valence-electron chi connectivity index (χ3n) is 9.42. The topological polar surface area (TPSA) is 185 Å². The molecule has 250 valence electrons. The number of amides is 1. The zero-order valence-corrected chi connectivity index (χ0v) is 27.8. The summed E-state index contributed by atoms with van der Waals surface area (Å²) in [5.74, 6) is -7.74. The second-order valence-electron chi connectivity index (χ2n) is 15.1. The normalized spacial score (nSPS) is 24.6. The number of fused-ring (bicyclic) bond motifs is 3. The third kappa shape index (κ3) is 5.31. The minimum absolute atomic E-state index is 0.0278. The van der Waals surface area contributed by atoms with Crippen LogP contribution < -0.4 is 5.32 Å². The lowest BCUT2D eigenvalue weighted by atomic mass is 9.57. The average molecular weight is 647 g/mol. The van der Waals surface area contributed by atoms with E-state index >= 15 is 0 Å². The van der Waals surface area contributed by atoms with Crippen LogP contribution in [0.1, 0.15) is 75.0 Å². The molecule has 3 aliphatic carbocycles. The highest BCUT2D eigenvalue weighted by Crippen LogP contribution is 2.55. The van der Waals surface area contributed by atoms with E-state index in [9.17, 15) is 44.7 Å². The van der Waals surface area contributed by atoms with E-state index in [-0.39, 0.29) is 35.3 Å². The number of aliphatic hydroxyl groups is 3. The summed E-state index contributed by atoms with van der Waals surface area (Å²) < 4.78 is 0. The highest BCUT2D eigenvalue weighted by Gasteiger charge is 2.64. The summed E-state index contributed by atoms with van der Waals surface area (Å²) in [6.45, 7) is 10.6. The van der Waals surface area contributed by atoms with Crippen molar-refractivity contribution in [1.82, 2.24) is 10.2 Å². The van der Waals surface area contributed by atoms with E-state index < -0.39 is 75.0 Å². The second-order valence-corrected chi connectivity index (χ2v) is 15.1. The summed E-state index contributed by atoms with van der Waals surface area (Å²) >= 11 is 0. The number of aromatic hydroxyl groups is 1. The number of ketones is 2. The van der Waals surface area contributed by atoms with Gasteiger partial charge in [0.2, 0.25) is 5.78 Å². The van der Waals surface area contributed by atoms with Crippen molar-refractivity contribution in [3.63, 3.8) is 0 Å². The molecule has 5 rings (SSSR count). The molecule has 2 aromatic carbocycles. The number of phenols is 1. The van der Waals surface area contributed by atoms with E-state index in [1.165, 1.54) is 17.0 Å². The van der Waals surface area contributed by atoms with Crippen LogP contribution in [0.5, 0.6) is 5.75 Å². The van der Waals surface area contributed by atoms with Gasteiger partial charge in [-0.3, -0.25) is 19.3 Å². The lowest BCUT2D eigenvalue weighted by Crippen LogP contribution is -2.66. The smallest absolute Gasteiger partial charge is 0.335 e. The molecular formula is C36H42N2O9. The first-order chi connectivity index (χ1) is 21.6. The van der Waals surface area contributed by atoms with Crippen molar-refractivity contribution in [3.8, 4) is 16.9 Å². The van der Waals surface area contributed by atoms with Crippen LogP contribution in [0.3, 0.4) is 0 Å². The molecule has 0 bridgehead atoms. The van der Waals surface area contributed by atoms with Gasteiger partial charge in [0.1, 0.15) is 22.8 Å². The van der Waals surface area contributed by atoms with Crippen molar-refractivity contribution in [1.29, 1.82) is 0 Å². The molecule has 0 aromatic heterocycles. The number of carboxylic acids is 1. The molecule has 0 aliphatic heterocycles. The largest absolute Gasteiger partial charge is 0.508 e. The molecule has 0 spiro atoms. The molecule has 0 heterocycles. The third-order valence-corrected chi connectivity index (χ3v) is 9.42. The number of likely N-dealkylation sites (N-methyl/N-ethyl adjacent to an activating group) is 1. The molecule has 0 radical (unpaired) electrons. The highest BCUT2D eigenvalue weighted by molar-refractivity contribution is 6.25. The number of hydrogen-bond acceptors (Lipinski definition) is 9. The first-order valence-electron chi connectivity index (χ1n) is 15.5. The zero-order chi connectivity index (χ0) is 35.1. The van der Waals surface area contributed by atoms with Gasteiger partial charge in [-0.15, -0.1) is 0 Å². The molecule has 1 fully saturated rings. The molecule has 47 heavy (non-hydrogen) atoms. The maximum atomic E-state index is 14.5. The lowest BCUT2D eigenvalue weighted by molar-refractivity contribution is -0.153. The number of nitrogens with zero attached hydrogens (tertiary/aromatic N) is 1. The van der Waals surface area contributed by atoms with E-state index in [2.05, 4.69) is 5.32 Å². The Morgan fingerprint density at radius 2 is 1.64 bits per heavy atom. The van der Waals surface area contributed by atoms with Gasteiger partial charge in [0.15, 0.2) is 11.4 Å². The van der Waals surface area contributed by atoms with Gasteiger partial charge in [-0.1, -0.05) is 32.9 Å². The maximum Gasteiger partial charge on any atom is 0.335 e. The molecule has 11 nitrogen and oxygen atoms in total. The summed E-state index contributed by atoms with van der Waals surface area (Å²) in [7, 11) is 3.15. The molecule has 0 unspecified atom stereocenters. The molecule has 1 saturated carbocycles. The van der Waals surface area contributed by atoms with Crippen molar-refractivity contribution >= 4 is 29.2 Å². The number of carboxylic acid groups (broad SMARTS) is 1. The van der Waals surface area contributed by atoms with Gasteiger partial charge < -0.3 is 30.8 Å². The minimum Gasteiger partial charge on any atom is -0.508 e. The summed E-state index contributed by atoms with van der Waals surface area (Å²) in [5.41, 5.74) is -3.15. The van der Waals surface area contributed by atoms with Crippen LogP contribution in [0.25, 0.3) is 16.9 Å². The fourth-order valence-corrected chi connectivity index (χ4v) is 7.34. The summed E-state index contributed by atoms with van der Waals surface area (Å²) in [5, 5.41) is 59.5. The average Bonchev–Trinajstić information content (AvgIpc) is 2.93. The van der Waals surface area contributed by atoms with Gasteiger partial charge in [-0.05, 0) is 93.9 Å². The number of carbonyl (C=O) groups is 4. The summed E-state index contributed by atoms with van der Waals surface area (Å²) in [6, 6.07) is 6.86. The molecule has 2 aromatic rings. The number of carbonyl (C=O) groups excluding carboxylic acids is 3. The Bertz CT molecular complexity index is 1810. The Morgan fingerprint density at radius 3 is 2.19 bits per heavy atom. The fourth-order valence-electron chi connectivity index (χ4n) is 7.34. The quantitative estimate of drug-likeness (QED) is 0.265. The lowest BCUT2D eigenvalue weighted by Gasteiger charge is -2.50. The van der Waals surface area contributed by atoms with Gasteiger partial charge in [0.25, 0.3) is 5.91 Å². The number of nitrogens with one attached hydrogen (secondary N) is 1. The van der Waals surface area contributed by atoms with Crippen molar-refractivity contribution in [3.05, 3.63) is 69.5 Å². The van der Waals surface area contributed by atoms with E-state index in [0.29, 0.717) is 22.3 Å². The first-order valence-corrected chi connectivity index (χ1v) is 15.5. The van der Waals surface area contributed by atoms with Gasteiger partial charge >= 0.3 is 5.97 Å². The van der Waals surface area contributed by atoms with Crippen LogP contribution in [0.15, 0.2) is 47.2 Å². The molecule has 1 amide bonds. The maximum absolute atomic E-state index is 14.5. The first kappa shape index (κ1) is 33.9. The van der Waals surface area contributed by atoms with Crippen LogP contribution in [-0.2, 0) is 26.2 Å². The van der Waals surface area contributed by atoms with Crippen molar-refractivity contribution < 1.29 is 44.7 Å². The van der Waals surface area contributed by atoms with E-state index in [1.807, 2.05) is 20.8 Å². The Hall–Kier alpha value is -4.48. The predicted molar refractivity (Wildman–Crippen MR) is 174 cm³/mol. The second kappa shape index (κ2) is 11.1. The number of hydrogen-bond donors (Lipinski definition) is 6. The van der Waals surface area contributed by atoms with E-state index in [4.69, 9.17) is 0 Å². The van der Waals surface area contributed by atoms with Crippen LogP contribution in [-0.4, -0.2) is 85.2 Å².